The number of nitrogens with zero attached hydrogens (tertiary/aromatic N) is 1. The van der Waals surface area contributed by atoms with Crippen LogP contribution in [-0.2, 0) is 10.8 Å². The zero-order valence-electron chi connectivity index (χ0n) is 36.4. The van der Waals surface area contributed by atoms with E-state index in [1.165, 1.54) is 94.2 Å². The second kappa shape index (κ2) is 14.7. The molecule has 64 heavy (non-hydrogen) atoms. The van der Waals surface area contributed by atoms with Crippen molar-refractivity contribution >= 4 is 27.8 Å². The molecule has 12 rings (SSSR count). The maximum Gasteiger partial charge on any atom is 0.0540 e. The largest absolute Gasteiger partial charge is 0.310 e. The first-order valence-electron chi connectivity index (χ1n) is 22.5. The maximum atomic E-state index is 2.43. The first kappa shape index (κ1) is 38.0. The van der Waals surface area contributed by atoms with Crippen LogP contribution in [0.25, 0.3) is 66.4 Å². The monoisotopic (exact) mass is 817 g/mol. The van der Waals surface area contributed by atoms with Crippen molar-refractivity contribution < 1.29 is 0 Å². The molecule has 0 amide bonds. The quantitative estimate of drug-likeness (QED) is 0.155. The van der Waals surface area contributed by atoms with Crippen molar-refractivity contribution in [2.45, 2.75) is 31.6 Å². The number of fused-ring (bicyclic) bond motifs is 7. The summed E-state index contributed by atoms with van der Waals surface area (Å²) < 4.78 is 0. The summed E-state index contributed by atoms with van der Waals surface area (Å²) in [5, 5.41) is 2.43. The third-order valence-electron chi connectivity index (χ3n) is 14.4. The first-order chi connectivity index (χ1) is 31.4. The van der Waals surface area contributed by atoms with E-state index in [1.54, 1.807) is 0 Å². The lowest BCUT2D eigenvalue weighted by Gasteiger charge is -2.29. The Labute approximate surface area is 376 Å². The number of hydrogen-bond acceptors (Lipinski definition) is 1. The zero-order valence-corrected chi connectivity index (χ0v) is 36.4. The van der Waals surface area contributed by atoms with Gasteiger partial charge >= 0.3 is 0 Å². The Morgan fingerprint density at radius 1 is 0.328 bits per heavy atom. The van der Waals surface area contributed by atoms with E-state index in [-0.39, 0.29) is 10.8 Å². The highest BCUT2D eigenvalue weighted by Gasteiger charge is 2.41. The standard InChI is InChI=1S/C63H47N/c1-62(2)57-28-13-11-25-53(57)56-27-16-26-55(61(56)62)51-23-10-9-21-49(51)44-33-38-48(39-34-44)64(60-30-15-18-43-17-7-8-22-50(43)60)47-36-31-42(32-37-47)45-35-40-54-52-24-12-14-29-58(52)63(3,59(54)41-45)46-19-5-4-6-20-46/h4-41H,1-3H3. The van der Waals surface area contributed by atoms with E-state index in [1.807, 2.05) is 0 Å². The lowest BCUT2D eigenvalue weighted by Crippen LogP contribution is -2.22. The average Bonchev–Trinajstić information content (AvgIpc) is 3.76. The Hall–Kier alpha value is -7.74. The molecule has 2 aliphatic rings. The average molecular weight is 818 g/mol. The van der Waals surface area contributed by atoms with Crippen LogP contribution < -0.4 is 4.90 Å². The van der Waals surface area contributed by atoms with Crippen LogP contribution in [0.2, 0.25) is 0 Å². The molecular weight excluding hydrogens is 771 g/mol. The first-order valence-corrected chi connectivity index (χ1v) is 22.5. The molecule has 0 aromatic heterocycles. The van der Waals surface area contributed by atoms with Crippen LogP contribution in [0.1, 0.15) is 48.6 Å². The molecule has 0 saturated carbocycles. The van der Waals surface area contributed by atoms with E-state index in [0.29, 0.717) is 0 Å². The Balaban J connectivity index is 0.937. The Morgan fingerprint density at radius 3 is 1.56 bits per heavy atom. The van der Waals surface area contributed by atoms with Gasteiger partial charge in [-0.2, -0.15) is 0 Å². The molecule has 0 saturated heterocycles. The van der Waals surface area contributed by atoms with Crippen molar-refractivity contribution in [2.75, 3.05) is 4.90 Å². The molecule has 1 nitrogen and oxygen atoms in total. The Bertz CT molecular complexity index is 3410. The van der Waals surface area contributed by atoms with Gasteiger partial charge in [-0.3, -0.25) is 0 Å². The molecule has 0 radical (unpaired) electrons. The minimum Gasteiger partial charge on any atom is -0.310 e. The maximum absolute atomic E-state index is 2.43. The minimum atomic E-state index is -0.245. The summed E-state index contributed by atoms with van der Waals surface area (Å²) in [6.45, 7) is 7.14. The minimum absolute atomic E-state index is 0.108. The molecule has 1 unspecified atom stereocenters. The molecule has 0 N–H and O–H groups in total. The van der Waals surface area contributed by atoms with Crippen LogP contribution in [0.3, 0.4) is 0 Å². The highest BCUT2D eigenvalue weighted by molar-refractivity contribution is 6.00. The molecule has 10 aromatic carbocycles. The van der Waals surface area contributed by atoms with Crippen molar-refractivity contribution in [1.29, 1.82) is 0 Å². The van der Waals surface area contributed by atoms with E-state index in [0.717, 1.165) is 17.1 Å². The van der Waals surface area contributed by atoms with E-state index in [9.17, 15) is 0 Å². The summed E-state index contributed by atoms with van der Waals surface area (Å²) in [6.07, 6.45) is 0. The summed E-state index contributed by atoms with van der Waals surface area (Å²) >= 11 is 0. The number of anilines is 3. The molecule has 1 atom stereocenters. The van der Waals surface area contributed by atoms with E-state index >= 15 is 0 Å². The summed E-state index contributed by atoms with van der Waals surface area (Å²) in [5.41, 5.74) is 22.6. The van der Waals surface area contributed by atoms with E-state index in [2.05, 4.69) is 256 Å². The molecule has 1 heteroatoms. The van der Waals surface area contributed by atoms with E-state index in [4.69, 9.17) is 0 Å². The van der Waals surface area contributed by atoms with Gasteiger partial charge in [0.25, 0.3) is 0 Å². The summed E-state index contributed by atoms with van der Waals surface area (Å²) in [7, 11) is 0. The Morgan fingerprint density at radius 2 is 0.828 bits per heavy atom. The van der Waals surface area contributed by atoms with Crippen LogP contribution in [0.15, 0.2) is 231 Å². The number of rotatable bonds is 7. The molecule has 2 aliphatic carbocycles. The molecule has 304 valence electrons. The SMILES string of the molecule is CC1(C)c2ccccc2-c2cccc(-c3ccccc3-c3ccc(N(c4ccc(-c5ccc6c(c5)C(C)(c5ccccc5)c5ccccc5-6)cc4)c4cccc5ccccc45)cc3)c21. The predicted molar refractivity (Wildman–Crippen MR) is 270 cm³/mol. The summed E-state index contributed by atoms with van der Waals surface area (Å²) in [4.78, 5) is 2.41. The van der Waals surface area contributed by atoms with Crippen LogP contribution in [-0.4, -0.2) is 0 Å². The van der Waals surface area contributed by atoms with Gasteiger partial charge in [0, 0.05) is 27.6 Å². The van der Waals surface area contributed by atoms with Crippen molar-refractivity contribution in [2.24, 2.45) is 0 Å². The third kappa shape index (κ3) is 5.77. The van der Waals surface area contributed by atoms with E-state index < -0.39 is 0 Å². The fraction of sp³-hybridized carbons (Fsp3) is 0.0794. The van der Waals surface area contributed by atoms with Gasteiger partial charge < -0.3 is 4.90 Å². The van der Waals surface area contributed by atoms with Crippen molar-refractivity contribution in [3.8, 4) is 55.6 Å². The molecule has 0 bridgehead atoms. The molecule has 0 heterocycles. The fourth-order valence-corrected chi connectivity index (χ4v) is 11.2. The lowest BCUT2D eigenvalue weighted by molar-refractivity contribution is 0.662. The number of hydrogen-bond donors (Lipinski definition) is 0. The van der Waals surface area contributed by atoms with Crippen molar-refractivity contribution in [1.82, 2.24) is 0 Å². The second-order valence-electron chi connectivity index (χ2n) is 18.2. The Kier molecular flexibility index (Phi) is 8.71. The molecule has 10 aromatic rings. The zero-order chi connectivity index (χ0) is 43.0. The molecule has 0 aliphatic heterocycles. The van der Waals surface area contributed by atoms with Crippen molar-refractivity contribution in [3.05, 3.63) is 258 Å². The highest BCUT2D eigenvalue weighted by Crippen LogP contribution is 2.55. The van der Waals surface area contributed by atoms with Gasteiger partial charge in [-0.1, -0.05) is 208 Å². The number of benzene rings is 10. The summed E-state index contributed by atoms with van der Waals surface area (Å²) in [6, 6.07) is 85.3. The van der Waals surface area contributed by atoms with Crippen LogP contribution >= 0.6 is 0 Å². The van der Waals surface area contributed by atoms with Crippen LogP contribution in [0.5, 0.6) is 0 Å². The van der Waals surface area contributed by atoms with Gasteiger partial charge in [-0.05, 0) is 132 Å². The van der Waals surface area contributed by atoms with Gasteiger partial charge in [-0.15, -0.1) is 0 Å². The van der Waals surface area contributed by atoms with Crippen LogP contribution in [0, 0.1) is 0 Å². The highest BCUT2D eigenvalue weighted by atomic mass is 15.1. The second-order valence-corrected chi connectivity index (χ2v) is 18.2. The topological polar surface area (TPSA) is 3.24 Å². The predicted octanol–water partition coefficient (Wildman–Crippen LogP) is 17.0. The fourth-order valence-electron chi connectivity index (χ4n) is 11.2. The van der Waals surface area contributed by atoms with Gasteiger partial charge in [0.1, 0.15) is 0 Å². The van der Waals surface area contributed by atoms with Crippen LogP contribution in [0.4, 0.5) is 17.1 Å². The van der Waals surface area contributed by atoms with Gasteiger partial charge in [0.05, 0.1) is 5.69 Å². The molecule has 0 fully saturated rings. The van der Waals surface area contributed by atoms with Gasteiger partial charge in [0.15, 0.2) is 0 Å². The van der Waals surface area contributed by atoms with Crippen molar-refractivity contribution in [3.63, 3.8) is 0 Å². The normalized spacial score (nSPS) is 15.3. The van der Waals surface area contributed by atoms with Gasteiger partial charge in [-0.25, -0.2) is 0 Å². The smallest absolute Gasteiger partial charge is 0.0540 e. The lowest BCUT2D eigenvalue weighted by atomic mass is 9.74. The molecular formula is C63H47N. The van der Waals surface area contributed by atoms with Gasteiger partial charge in [0.2, 0.25) is 0 Å². The molecule has 0 spiro atoms. The third-order valence-corrected chi connectivity index (χ3v) is 14.4. The summed E-state index contributed by atoms with van der Waals surface area (Å²) in [5.74, 6) is 0.